The number of aryl methyl sites for hydroxylation is 1. The fraction of sp³-hybridized carbons (Fsp3) is 0.600. The standard InChI is InChI=1S/C10H13N3O4/c1-6-11-8(12-17-6)2-3-13-5-7(10(15)16)4-9(13)14/h7H,2-5H2,1H3,(H,15,16). The lowest BCUT2D eigenvalue weighted by Gasteiger charge is -2.14. The lowest BCUT2D eigenvalue weighted by Crippen LogP contribution is -2.28. The predicted molar refractivity (Wildman–Crippen MR) is 55.1 cm³/mol. The first-order chi connectivity index (χ1) is 8.06. The van der Waals surface area contributed by atoms with Crippen molar-refractivity contribution in [2.24, 2.45) is 5.92 Å². The van der Waals surface area contributed by atoms with Gasteiger partial charge in [-0.05, 0) is 0 Å². The van der Waals surface area contributed by atoms with Gasteiger partial charge in [-0.1, -0.05) is 5.16 Å². The molecule has 1 atom stereocenters. The van der Waals surface area contributed by atoms with Crippen molar-refractivity contribution >= 4 is 11.9 Å². The summed E-state index contributed by atoms with van der Waals surface area (Å²) in [5.74, 6) is -0.617. The zero-order valence-electron chi connectivity index (χ0n) is 9.42. The van der Waals surface area contributed by atoms with Crippen molar-refractivity contribution < 1.29 is 19.2 Å². The molecule has 1 aromatic rings. The van der Waals surface area contributed by atoms with Crippen molar-refractivity contribution in [3.8, 4) is 0 Å². The Kier molecular flexibility index (Phi) is 3.08. The highest BCUT2D eigenvalue weighted by Gasteiger charge is 2.33. The van der Waals surface area contributed by atoms with Gasteiger partial charge in [0.05, 0.1) is 5.92 Å². The van der Waals surface area contributed by atoms with Gasteiger partial charge in [-0.25, -0.2) is 0 Å². The molecule has 1 N–H and O–H groups in total. The van der Waals surface area contributed by atoms with Crippen molar-refractivity contribution in [3.63, 3.8) is 0 Å². The van der Waals surface area contributed by atoms with E-state index >= 15 is 0 Å². The summed E-state index contributed by atoms with van der Waals surface area (Å²) in [5, 5.41) is 12.5. The van der Waals surface area contributed by atoms with Crippen LogP contribution in [0.5, 0.6) is 0 Å². The summed E-state index contributed by atoms with van der Waals surface area (Å²) in [4.78, 5) is 27.8. The molecule has 1 aliphatic rings. The third-order valence-corrected chi connectivity index (χ3v) is 2.74. The number of hydrogen-bond acceptors (Lipinski definition) is 5. The van der Waals surface area contributed by atoms with Gasteiger partial charge in [-0.3, -0.25) is 9.59 Å². The molecule has 1 saturated heterocycles. The Morgan fingerprint density at radius 3 is 2.94 bits per heavy atom. The van der Waals surface area contributed by atoms with Gasteiger partial charge in [0.25, 0.3) is 0 Å². The number of rotatable bonds is 4. The summed E-state index contributed by atoms with van der Waals surface area (Å²) in [6.07, 6.45) is 0.566. The number of carboxylic acid groups (broad SMARTS) is 1. The minimum Gasteiger partial charge on any atom is -0.481 e. The smallest absolute Gasteiger partial charge is 0.308 e. The van der Waals surface area contributed by atoms with Gasteiger partial charge in [0.15, 0.2) is 5.82 Å². The van der Waals surface area contributed by atoms with Gasteiger partial charge < -0.3 is 14.5 Å². The molecule has 0 aliphatic carbocycles. The molecule has 0 radical (unpaired) electrons. The topological polar surface area (TPSA) is 96.5 Å². The third kappa shape index (κ3) is 2.61. The van der Waals surface area contributed by atoms with Gasteiger partial charge >= 0.3 is 5.97 Å². The zero-order valence-corrected chi connectivity index (χ0v) is 9.42. The Labute approximate surface area is 97.4 Å². The van der Waals surface area contributed by atoms with Crippen molar-refractivity contribution in [2.45, 2.75) is 19.8 Å². The third-order valence-electron chi connectivity index (χ3n) is 2.74. The number of likely N-dealkylation sites (tertiary alicyclic amines) is 1. The number of nitrogens with zero attached hydrogens (tertiary/aromatic N) is 3. The number of carboxylic acids is 1. The second-order valence-electron chi connectivity index (χ2n) is 4.06. The Balaban J connectivity index is 1.88. The van der Waals surface area contributed by atoms with Gasteiger partial charge in [0, 0.05) is 32.9 Å². The highest BCUT2D eigenvalue weighted by atomic mass is 16.5. The average molecular weight is 239 g/mol. The van der Waals surface area contributed by atoms with Crippen LogP contribution < -0.4 is 0 Å². The van der Waals surface area contributed by atoms with E-state index in [1.807, 2.05) is 0 Å². The SMILES string of the molecule is Cc1nc(CCN2CC(C(=O)O)CC2=O)no1. The van der Waals surface area contributed by atoms with E-state index in [9.17, 15) is 9.59 Å². The van der Waals surface area contributed by atoms with Gasteiger partial charge in [-0.15, -0.1) is 0 Å². The molecule has 0 aromatic carbocycles. The maximum atomic E-state index is 11.5. The first-order valence-corrected chi connectivity index (χ1v) is 5.36. The molecule has 2 rings (SSSR count). The van der Waals surface area contributed by atoms with Crippen molar-refractivity contribution in [3.05, 3.63) is 11.7 Å². The second kappa shape index (κ2) is 4.52. The van der Waals surface area contributed by atoms with E-state index in [4.69, 9.17) is 9.63 Å². The molecule has 0 bridgehead atoms. The highest BCUT2D eigenvalue weighted by Crippen LogP contribution is 2.17. The maximum absolute atomic E-state index is 11.5. The Hall–Kier alpha value is -1.92. The van der Waals surface area contributed by atoms with E-state index in [1.54, 1.807) is 6.92 Å². The Morgan fingerprint density at radius 1 is 1.65 bits per heavy atom. The van der Waals surface area contributed by atoms with Crippen LogP contribution in [0.4, 0.5) is 0 Å². The van der Waals surface area contributed by atoms with E-state index in [2.05, 4.69) is 10.1 Å². The fourth-order valence-electron chi connectivity index (χ4n) is 1.83. The molecule has 0 saturated carbocycles. The summed E-state index contributed by atoms with van der Waals surface area (Å²) < 4.78 is 4.81. The fourth-order valence-corrected chi connectivity index (χ4v) is 1.83. The Bertz CT molecular complexity index is 443. The first-order valence-electron chi connectivity index (χ1n) is 5.36. The molecule has 1 aliphatic heterocycles. The quantitative estimate of drug-likeness (QED) is 0.785. The molecule has 17 heavy (non-hydrogen) atoms. The van der Waals surface area contributed by atoms with Crippen LogP contribution >= 0.6 is 0 Å². The van der Waals surface area contributed by atoms with Crippen LogP contribution in [0.25, 0.3) is 0 Å². The predicted octanol–water partition coefficient (Wildman–Crippen LogP) is -0.146. The van der Waals surface area contributed by atoms with Crippen molar-refractivity contribution in [1.82, 2.24) is 15.0 Å². The lowest BCUT2D eigenvalue weighted by molar-refractivity contribution is -0.141. The number of amides is 1. The summed E-state index contributed by atoms with van der Waals surface area (Å²) in [7, 11) is 0. The van der Waals surface area contributed by atoms with E-state index in [0.717, 1.165) is 0 Å². The molecule has 7 heteroatoms. The Morgan fingerprint density at radius 2 is 2.41 bits per heavy atom. The maximum Gasteiger partial charge on any atom is 0.308 e. The molecule has 1 amide bonds. The summed E-state index contributed by atoms with van der Waals surface area (Å²) in [6, 6.07) is 0. The van der Waals surface area contributed by atoms with E-state index in [0.29, 0.717) is 24.7 Å². The molecular weight excluding hydrogens is 226 g/mol. The van der Waals surface area contributed by atoms with E-state index < -0.39 is 11.9 Å². The van der Waals surface area contributed by atoms with Crippen molar-refractivity contribution in [1.29, 1.82) is 0 Å². The number of carbonyl (C=O) groups is 2. The number of hydrogen-bond donors (Lipinski definition) is 1. The average Bonchev–Trinajstić information content (AvgIpc) is 2.82. The van der Waals surface area contributed by atoms with Crippen molar-refractivity contribution in [2.75, 3.05) is 13.1 Å². The molecule has 2 heterocycles. The van der Waals surface area contributed by atoms with Gasteiger partial charge in [-0.2, -0.15) is 4.98 Å². The molecule has 1 aromatic heterocycles. The van der Waals surface area contributed by atoms with Crippen LogP contribution in [-0.4, -0.2) is 45.1 Å². The van der Waals surface area contributed by atoms with Crippen LogP contribution in [0.3, 0.4) is 0 Å². The van der Waals surface area contributed by atoms with Crippen LogP contribution in [0.2, 0.25) is 0 Å². The molecule has 92 valence electrons. The normalized spacial score (nSPS) is 19.9. The number of carbonyl (C=O) groups excluding carboxylic acids is 1. The van der Waals surface area contributed by atoms with Crippen LogP contribution in [0.1, 0.15) is 18.1 Å². The molecule has 0 spiro atoms. The zero-order chi connectivity index (χ0) is 12.4. The minimum absolute atomic E-state index is 0.0839. The number of aromatic nitrogens is 2. The summed E-state index contributed by atoms with van der Waals surface area (Å²) in [6.45, 7) is 2.39. The monoisotopic (exact) mass is 239 g/mol. The van der Waals surface area contributed by atoms with E-state index in [-0.39, 0.29) is 18.9 Å². The van der Waals surface area contributed by atoms with Gasteiger partial charge in [0.2, 0.25) is 11.8 Å². The van der Waals surface area contributed by atoms with Crippen LogP contribution in [0, 0.1) is 12.8 Å². The number of aliphatic carboxylic acids is 1. The second-order valence-corrected chi connectivity index (χ2v) is 4.06. The summed E-state index contributed by atoms with van der Waals surface area (Å²) >= 11 is 0. The van der Waals surface area contributed by atoms with Crippen LogP contribution in [-0.2, 0) is 16.0 Å². The lowest BCUT2D eigenvalue weighted by atomic mass is 10.1. The molecular formula is C10H13N3O4. The van der Waals surface area contributed by atoms with Crippen LogP contribution in [0.15, 0.2) is 4.52 Å². The highest BCUT2D eigenvalue weighted by molar-refractivity contribution is 5.86. The largest absolute Gasteiger partial charge is 0.481 e. The summed E-state index contributed by atoms with van der Waals surface area (Å²) in [5.41, 5.74) is 0. The van der Waals surface area contributed by atoms with Gasteiger partial charge in [0.1, 0.15) is 0 Å². The molecule has 1 fully saturated rings. The first kappa shape index (κ1) is 11.6. The van der Waals surface area contributed by atoms with E-state index in [1.165, 1.54) is 4.90 Å². The molecule has 7 nitrogen and oxygen atoms in total. The minimum atomic E-state index is -0.920. The molecule has 1 unspecified atom stereocenters.